The first kappa shape index (κ1) is 32.6. The van der Waals surface area contributed by atoms with E-state index < -0.39 is 28.5 Å². The van der Waals surface area contributed by atoms with Crippen molar-refractivity contribution in [2.24, 2.45) is 0 Å². The summed E-state index contributed by atoms with van der Waals surface area (Å²) in [6, 6.07) is 18.7. The Morgan fingerprint density at radius 1 is 0.953 bits per heavy atom. The third-order valence-corrected chi connectivity index (χ3v) is 10.2. The van der Waals surface area contributed by atoms with Crippen LogP contribution in [-0.2, 0) is 26.2 Å². The highest BCUT2D eigenvalue weighted by molar-refractivity contribution is 7.92. The third-order valence-electron chi connectivity index (χ3n) is 7.65. The van der Waals surface area contributed by atoms with E-state index in [9.17, 15) is 18.0 Å². The zero-order valence-corrected chi connectivity index (χ0v) is 26.7. The number of ether oxygens (including phenoxy) is 1. The van der Waals surface area contributed by atoms with E-state index in [4.69, 9.17) is 27.9 Å². The summed E-state index contributed by atoms with van der Waals surface area (Å²) in [5.41, 5.74) is 0.945. The van der Waals surface area contributed by atoms with Gasteiger partial charge >= 0.3 is 0 Å². The molecule has 8 nitrogen and oxygen atoms in total. The van der Waals surface area contributed by atoms with Crippen molar-refractivity contribution in [2.75, 3.05) is 18.0 Å². The second-order valence-electron chi connectivity index (χ2n) is 10.6. The summed E-state index contributed by atoms with van der Waals surface area (Å²) in [6.07, 6.45) is 5.38. The van der Waals surface area contributed by atoms with Crippen LogP contribution in [0.25, 0.3) is 0 Å². The number of nitrogens with one attached hydrogen (secondary N) is 1. The van der Waals surface area contributed by atoms with Gasteiger partial charge in [-0.25, -0.2) is 8.42 Å². The Labute approximate surface area is 264 Å². The molecule has 43 heavy (non-hydrogen) atoms. The van der Waals surface area contributed by atoms with Gasteiger partial charge in [0.1, 0.15) is 18.3 Å². The first-order chi connectivity index (χ1) is 20.6. The lowest BCUT2D eigenvalue weighted by molar-refractivity contribution is -0.140. The zero-order chi connectivity index (χ0) is 31.0. The minimum atomic E-state index is -4.20. The number of hydrogen-bond donors (Lipinski definition) is 1. The summed E-state index contributed by atoms with van der Waals surface area (Å²) < 4.78 is 34.2. The summed E-state index contributed by atoms with van der Waals surface area (Å²) in [5, 5.41) is 3.54. The molecule has 0 radical (unpaired) electrons. The number of anilines is 1. The van der Waals surface area contributed by atoms with Crippen LogP contribution >= 0.6 is 23.2 Å². The number of rotatable bonds is 12. The predicted octanol–water partition coefficient (Wildman–Crippen LogP) is 6.45. The Kier molecular flexibility index (Phi) is 11.3. The average molecular weight is 647 g/mol. The fourth-order valence-electron chi connectivity index (χ4n) is 5.28. The van der Waals surface area contributed by atoms with Gasteiger partial charge in [0, 0.05) is 12.6 Å². The lowest BCUT2D eigenvalue weighted by Gasteiger charge is -2.34. The molecule has 1 fully saturated rings. The summed E-state index contributed by atoms with van der Waals surface area (Å²) in [7, 11) is -2.63. The molecular formula is C32H37Cl2N3O5S. The Hall–Kier alpha value is -3.27. The molecule has 0 unspecified atom stereocenters. The largest absolute Gasteiger partial charge is 0.497 e. The topological polar surface area (TPSA) is 96.0 Å². The van der Waals surface area contributed by atoms with Crippen LogP contribution in [0.5, 0.6) is 5.75 Å². The van der Waals surface area contributed by atoms with E-state index in [2.05, 4.69) is 5.32 Å². The lowest BCUT2D eigenvalue weighted by atomic mass is 9.95. The third kappa shape index (κ3) is 8.22. The number of nitrogens with zero attached hydrogens (tertiary/aromatic N) is 2. The fraction of sp³-hybridized carbons (Fsp3) is 0.375. The lowest BCUT2D eigenvalue weighted by Crippen LogP contribution is -2.54. The number of carbonyl (C=O) groups is 2. The summed E-state index contributed by atoms with van der Waals surface area (Å²) >= 11 is 12.4. The summed E-state index contributed by atoms with van der Waals surface area (Å²) in [6.45, 7) is 1.38. The maximum atomic E-state index is 14.2. The maximum Gasteiger partial charge on any atom is 0.264 e. The second kappa shape index (κ2) is 14.9. The molecular weight excluding hydrogens is 609 g/mol. The smallest absolute Gasteiger partial charge is 0.264 e. The molecule has 4 rings (SSSR count). The van der Waals surface area contributed by atoms with Crippen LogP contribution in [0.3, 0.4) is 0 Å². The number of sulfonamides is 1. The van der Waals surface area contributed by atoms with Gasteiger partial charge in [0.25, 0.3) is 10.0 Å². The highest BCUT2D eigenvalue weighted by Gasteiger charge is 2.34. The van der Waals surface area contributed by atoms with Crippen molar-refractivity contribution in [1.29, 1.82) is 0 Å². The van der Waals surface area contributed by atoms with Gasteiger partial charge < -0.3 is 15.0 Å². The van der Waals surface area contributed by atoms with Crippen molar-refractivity contribution in [1.82, 2.24) is 10.2 Å². The summed E-state index contributed by atoms with van der Waals surface area (Å²) in [4.78, 5) is 29.4. The van der Waals surface area contributed by atoms with Gasteiger partial charge in [0.2, 0.25) is 11.8 Å². The van der Waals surface area contributed by atoms with Crippen LogP contribution in [0.1, 0.15) is 51.0 Å². The molecule has 0 saturated heterocycles. The van der Waals surface area contributed by atoms with Gasteiger partial charge in [-0.15, -0.1) is 0 Å². The standard InChI is InChI=1S/C32H37Cl2N3O5S/c1-3-30(32(39)35-24-10-6-4-7-11-24)36(21-23-14-17-26(42-2)18-15-23)31(38)22-37(25-16-19-28(33)29(34)20-25)43(40,41)27-12-8-5-9-13-27/h5,8-9,12-20,24,30H,3-4,6-7,10-11,21-22H2,1-2H3,(H,35,39)/t30-/m0/s1. The van der Waals surface area contributed by atoms with Gasteiger partial charge in [0.05, 0.1) is 27.7 Å². The van der Waals surface area contributed by atoms with Crippen LogP contribution in [0.4, 0.5) is 5.69 Å². The maximum absolute atomic E-state index is 14.2. The van der Waals surface area contributed by atoms with E-state index in [0.717, 1.165) is 42.0 Å². The van der Waals surface area contributed by atoms with E-state index in [1.165, 1.54) is 35.2 Å². The van der Waals surface area contributed by atoms with Gasteiger partial charge in [-0.3, -0.25) is 13.9 Å². The molecule has 0 bridgehead atoms. The van der Waals surface area contributed by atoms with Crippen LogP contribution < -0.4 is 14.4 Å². The molecule has 0 aromatic heterocycles. The number of methoxy groups -OCH3 is 1. The van der Waals surface area contributed by atoms with Crippen LogP contribution in [0.2, 0.25) is 10.0 Å². The van der Waals surface area contributed by atoms with Gasteiger partial charge in [-0.05, 0) is 67.3 Å². The first-order valence-corrected chi connectivity index (χ1v) is 16.6. The molecule has 1 atom stereocenters. The predicted molar refractivity (Wildman–Crippen MR) is 170 cm³/mol. The van der Waals surface area contributed by atoms with Crippen LogP contribution in [-0.4, -0.2) is 50.9 Å². The van der Waals surface area contributed by atoms with Crippen molar-refractivity contribution < 1.29 is 22.7 Å². The Bertz CT molecular complexity index is 1500. The number of benzene rings is 3. The van der Waals surface area contributed by atoms with E-state index >= 15 is 0 Å². The van der Waals surface area contributed by atoms with Crippen molar-refractivity contribution in [3.8, 4) is 5.75 Å². The zero-order valence-electron chi connectivity index (χ0n) is 24.3. The van der Waals surface area contributed by atoms with Crippen molar-refractivity contribution >= 4 is 50.7 Å². The fourth-order valence-corrected chi connectivity index (χ4v) is 7.00. The summed E-state index contributed by atoms with van der Waals surface area (Å²) in [5.74, 6) is -0.126. The van der Waals surface area contributed by atoms with E-state index in [0.29, 0.717) is 12.2 Å². The molecule has 11 heteroatoms. The Morgan fingerprint density at radius 3 is 2.23 bits per heavy atom. The van der Waals surface area contributed by atoms with E-state index in [1.54, 1.807) is 37.4 Å². The SMILES string of the molecule is CC[C@@H](C(=O)NC1CCCCC1)N(Cc1ccc(OC)cc1)C(=O)CN(c1ccc(Cl)c(Cl)c1)S(=O)(=O)c1ccccc1. The molecule has 230 valence electrons. The van der Waals surface area contributed by atoms with Crippen molar-refractivity contribution in [2.45, 2.75) is 69.0 Å². The average Bonchev–Trinajstić information content (AvgIpc) is 3.02. The van der Waals surface area contributed by atoms with E-state index in [1.807, 2.05) is 19.1 Å². The van der Waals surface area contributed by atoms with Gasteiger partial charge in [0.15, 0.2) is 0 Å². The molecule has 1 aliphatic rings. The Morgan fingerprint density at radius 2 is 1.63 bits per heavy atom. The highest BCUT2D eigenvalue weighted by Crippen LogP contribution is 2.31. The minimum Gasteiger partial charge on any atom is -0.497 e. The quantitative estimate of drug-likeness (QED) is 0.244. The molecule has 3 aromatic rings. The number of amides is 2. The second-order valence-corrected chi connectivity index (χ2v) is 13.2. The number of hydrogen-bond acceptors (Lipinski definition) is 5. The molecule has 0 heterocycles. The van der Waals surface area contributed by atoms with Gasteiger partial charge in [-0.1, -0.05) is 79.7 Å². The molecule has 3 aromatic carbocycles. The minimum absolute atomic E-state index is 0.0117. The van der Waals surface area contributed by atoms with E-state index in [-0.39, 0.29) is 39.1 Å². The molecule has 1 saturated carbocycles. The number of halogens is 2. The number of carbonyl (C=O) groups excluding carboxylic acids is 2. The van der Waals surface area contributed by atoms with Crippen molar-refractivity contribution in [3.63, 3.8) is 0 Å². The molecule has 0 spiro atoms. The first-order valence-electron chi connectivity index (χ1n) is 14.4. The highest BCUT2D eigenvalue weighted by atomic mass is 35.5. The molecule has 1 N–H and O–H groups in total. The Balaban J connectivity index is 1.71. The van der Waals surface area contributed by atoms with Crippen LogP contribution in [0.15, 0.2) is 77.7 Å². The monoisotopic (exact) mass is 645 g/mol. The molecule has 1 aliphatic carbocycles. The normalized spacial score (nSPS) is 14.5. The van der Waals surface area contributed by atoms with Gasteiger partial charge in [-0.2, -0.15) is 0 Å². The molecule has 2 amide bonds. The van der Waals surface area contributed by atoms with Crippen molar-refractivity contribution in [3.05, 3.63) is 88.4 Å². The molecule has 0 aliphatic heterocycles. The van der Waals surface area contributed by atoms with Crippen LogP contribution in [0, 0.1) is 0 Å².